The van der Waals surface area contributed by atoms with E-state index in [0.717, 1.165) is 12.8 Å². The van der Waals surface area contributed by atoms with E-state index in [1.165, 1.54) is 12.0 Å². The Bertz CT molecular complexity index is 430. The van der Waals surface area contributed by atoms with E-state index in [9.17, 15) is 4.21 Å². The molecule has 1 saturated carbocycles. The maximum atomic E-state index is 12.7. The van der Waals surface area contributed by atoms with Gasteiger partial charge in [0.15, 0.2) is 0 Å². The van der Waals surface area contributed by atoms with Crippen LogP contribution in [0.25, 0.3) is 0 Å². The van der Waals surface area contributed by atoms with Gasteiger partial charge in [-0.2, -0.15) is 0 Å². The van der Waals surface area contributed by atoms with Crippen LogP contribution in [0.1, 0.15) is 38.7 Å². The molecule has 0 radical (unpaired) electrons. The first-order valence-electron chi connectivity index (χ1n) is 7.10. The van der Waals surface area contributed by atoms with Gasteiger partial charge in [-0.25, -0.2) is 0 Å². The average molecular weight is 279 g/mol. The largest absolute Gasteiger partial charge is 0.316 e. The lowest BCUT2D eigenvalue weighted by atomic mass is 9.75. The Morgan fingerprint density at radius 2 is 2.00 bits per heavy atom. The topological polar surface area (TPSA) is 29.1 Å². The van der Waals surface area contributed by atoms with Crippen molar-refractivity contribution in [1.82, 2.24) is 5.32 Å². The summed E-state index contributed by atoms with van der Waals surface area (Å²) >= 11 is 0. The van der Waals surface area contributed by atoms with Gasteiger partial charge in [-0.05, 0) is 37.3 Å². The van der Waals surface area contributed by atoms with Crippen LogP contribution in [0.2, 0.25) is 0 Å². The Morgan fingerprint density at radius 1 is 1.32 bits per heavy atom. The van der Waals surface area contributed by atoms with Crippen molar-refractivity contribution in [2.24, 2.45) is 5.41 Å². The second kappa shape index (κ2) is 6.19. The first-order chi connectivity index (χ1) is 9.02. The molecule has 0 bridgehead atoms. The van der Waals surface area contributed by atoms with Crippen molar-refractivity contribution in [3.8, 4) is 0 Å². The minimum absolute atomic E-state index is 0.272. The highest BCUT2D eigenvalue weighted by Gasteiger charge is 2.37. The Labute approximate surface area is 119 Å². The summed E-state index contributed by atoms with van der Waals surface area (Å²) in [6.07, 6.45) is 3.41. The molecule has 3 heteroatoms. The highest BCUT2D eigenvalue weighted by atomic mass is 32.2. The van der Waals surface area contributed by atoms with E-state index in [2.05, 4.69) is 31.3 Å². The fourth-order valence-corrected chi connectivity index (χ4v) is 4.98. The molecule has 0 spiro atoms. The van der Waals surface area contributed by atoms with Crippen molar-refractivity contribution in [3.05, 3.63) is 35.9 Å². The monoisotopic (exact) mass is 279 g/mol. The van der Waals surface area contributed by atoms with Gasteiger partial charge in [-0.3, -0.25) is 4.21 Å². The second-order valence-electron chi connectivity index (χ2n) is 6.35. The van der Waals surface area contributed by atoms with Gasteiger partial charge in [0.1, 0.15) is 0 Å². The molecule has 1 fully saturated rings. The molecule has 0 saturated heterocycles. The van der Waals surface area contributed by atoms with Gasteiger partial charge in [-0.1, -0.05) is 44.2 Å². The number of benzene rings is 1. The van der Waals surface area contributed by atoms with Crippen LogP contribution < -0.4 is 5.32 Å². The van der Waals surface area contributed by atoms with E-state index in [4.69, 9.17) is 0 Å². The van der Waals surface area contributed by atoms with E-state index in [0.29, 0.717) is 17.2 Å². The summed E-state index contributed by atoms with van der Waals surface area (Å²) in [6.45, 7) is 4.59. The van der Waals surface area contributed by atoms with E-state index in [-0.39, 0.29) is 5.25 Å². The molecule has 0 aromatic heterocycles. The van der Waals surface area contributed by atoms with Crippen molar-refractivity contribution < 1.29 is 4.21 Å². The highest BCUT2D eigenvalue weighted by molar-refractivity contribution is 7.84. The standard InChI is InChI=1S/C16H25NOS/c1-16(2)10-9-14(17-3)15(11-16)19(18)12-13-7-5-4-6-8-13/h4-8,14-15,17H,9-12H2,1-3H3. The summed E-state index contributed by atoms with van der Waals surface area (Å²) in [4.78, 5) is 0. The number of nitrogens with one attached hydrogen (secondary N) is 1. The van der Waals surface area contributed by atoms with Gasteiger partial charge in [0.2, 0.25) is 0 Å². The minimum Gasteiger partial charge on any atom is -0.316 e. The van der Waals surface area contributed by atoms with Crippen LogP contribution in [-0.2, 0) is 16.6 Å². The lowest BCUT2D eigenvalue weighted by molar-refractivity contribution is 0.216. The van der Waals surface area contributed by atoms with Crippen LogP contribution in [0.4, 0.5) is 0 Å². The molecule has 1 aromatic rings. The normalized spacial score (nSPS) is 27.9. The molecule has 106 valence electrons. The number of rotatable bonds is 4. The molecule has 3 unspecified atom stereocenters. The predicted molar refractivity (Wildman–Crippen MR) is 82.6 cm³/mol. The smallest absolute Gasteiger partial charge is 0.0509 e. The Balaban J connectivity index is 2.07. The highest BCUT2D eigenvalue weighted by Crippen LogP contribution is 2.37. The van der Waals surface area contributed by atoms with Crippen LogP contribution >= 0.6 is 0 Å². The van der Waals surface area contributed by atoms with Crippen LogP contribution in [0.3, 0.4) is 0 Å². The maximum absolute atomic E-state index is 12.7. The third-order valence-corrected chi connectivity index (χ3v) is 5.98. The zero-order valence-electron chi connectivity index (χ0n) is 12.2. The van der Waals surface area contributed by atoms with Crippen LogP contribution in [0.15, 0.2) is 30.3 Å². The van der Waals surface area contributed by atoms with Gasteiger partial charge in [0, 0.05) is 22.6 Å². The van der Waals surface area contributed by atoms with E-state index in [1.807, 2.05) is 25.2 Å². The molecule has 1 N–H and O–H groups in total. The quantitative estimate of drug-likeness (QED) is 0.917. The molecule has 0 aliphatic heterocycles. The van der Waals surface area contributed by atoms with Crippen molar-refractivity contribution in [2.75, 3.05) is 7.05 Å². The minimum atomic E-state index is -0.796. The first-order valence-corrected chi connectivity index (χ1v) is 8.48. The molecule has 1 aromatic carbocycles. The summed E-state index contributed by atoms with van der Waals surface area (Å²) in [6, 6.07) is 10.6. The fourth-order valence-electron chi connectivity index (χ4n) is 2.97. The van der Waals surface area contributed by atoms with E-state index < -0.39 is 10.8 Å². The Morgan fingerprint density at radius 3 is 2.63 bits per heavy atom. The molecule has 0 amide bonds. The summed E-state index contributed by atoms with van der Waals surface area (Å²) in [5, 5.41) is 3.64. The van der Waals surface area contributed by atoms with Crippen molar-refractivity contribution in [1.29, 1.82) is 0 Å². The predicted octanol–water partition coefficient (Wildman–Crippen LogP) is 3.10. The lowest BCUT2D eigenvalue weighted by Gasteiger charge is -2.40. The molecule has 3 atom stereocenters. The number of hydrogen-bond acceptors (Lipinski definition) is 2. The van der Waals surface area contributed by atoms with Gasteiger partial charge in [0.25, 0.3) is 0 Å². The van der Waals surface area contributed by atoms with E-state index >= 15 is 0 Å². The van der Waals surface area contributed by atoms with Gasteiger partial charge in [-0.15, -0.1) is 0 Å². The first kappa shape index (κ1) is 14.7. The third kappa shape index (κ3) is 3.90. The van der Waals surface area contributed by atoms with Gasteiger partial charge in [0.05, 0.1) is 5.25 Å². The van der Waals surface area contributed by atoms with Gasteiger partial charge >= 0.3 is 0 Å². The molecule has 2 rings (SSSR count). The summed E-state index contributed by atoms with van der Waals surface area (Å²) < 4.78 is 12.7. The van der Waals surface area contributed by atoms with Crippen molar-refractivity contribution >= 4 is 10.8 Å². The van der Waals surface area contributed by atoms with Crippen LogP contribution in [-0.4, -0.2) is 22.5 Å². The summed E-state index contributed by atoms with van der Waals surface area (Å²) in [5.41, 5.74) is 1.50. The van der Waals surface area contributed by atoms with Crippen molar-refractivity contribution in [3.63, 3.8) is 0 Å². The molecule has 19 heavy (non-hydrogen) atoms. The molecular formula is C16H25NOS. The third-order valence-electron chi connectivity index (χ3n) is 4.19. The molecular weight excluding hydrogens is 254 g/mol. The molecule has 1 aliphatic carbocycles. The zero-order valence-corrected chi connectivity index (χ0v) is 13.0. The summed E-state index contributed by atoms with van der Waals surface area (Å²) in [7, 11) is 1.20. The van der Waals surface area contributed by atoms with E-state index in [1.54, 1.807) is 0 Å². The van der Waals surface area contributed by atoms with Crippen molar-refractivity contribution in [2.45, 2.75) is 50.2 Å². The SMILES string of the molecule is CNC1CCC(C)(C)CC1S(=O)Cc1ccccc1. The Hall–Kier alpha value is -0.670. The zero-order chi connectivity index (χ0) is 13.9. The second-order valence-corrected chi connectivity index (χ2v) is 8.01. The van der Waals surface area contributed by atoms with Crippen LogP contribution in [0.5, 0.6) is 0 Å². The maximum Gasteiger partial charge on any atom is 0.0509 e. The summed E-state index contributed by atoms with van der Waals surface area (Å²) in [5.74, 6) is 0.680. The molecule has 1 aliphatic rings. The lowest BCUT2D eigenvalue weighted by Crippen LogP contribution is -2.47. The number of hydrogen-bond donors (Lipinski definition) is 1. The molecule has 0 heterocycles. The van der Waals surface area contributed by atoms with Gasteiger partial charge < -0.3 is 5.32 Å². The molecule has 2 nitrogen and oxygen atoms in total. The fraction of sp³-hybridized carbons (Fsp3) is 0.625. The average Bonchev–Trinajstić information content (AvgIpc) is 2.39. The Kier molecular flexibility index (Phi) is 4.80. The van der Waals surface area contributed by atoms with Crippen LogP contribution in [0, 0.1) is 5.41 Å².